The van der Waals surface area contributed by atoms with Crippen molar-refractivity contribution in [3.8, 4) is 0 Å². The van der Waals surface area contributed by atoms with Crippen LogP contribution >= 0.6 is 0 Å². The number of benzene rings is 1. The van der Waals surface area contributed by atoms with Crippen molar-refractivity contribution in [1.29, 1.82) is 0 Å². The lowest BCUT2D eigenvalue weighted by molar-refractivity contribution is 0.0939. The molecule has 1 saturated heterocycles. The number of carbonyl (C=O) groups is 1. The lowest BCUT2D eigenvalue weighted by atomic mass is 10.2. The van der Waals surface area contributed by atoms with Gasteiger partial charge in [0.1, 0.15) is 0 Å². The molecule has 25 heavy (non-hydrogen) atoms. The van der Waals surface area contributed by atoms with Crippen LogP contribution in [0, 0.1) is 0 Å². The molecule has 1 heterocycles. The molecule has 1 aliphatic rings. The highest BCUT2D eigenvalue weighted by molar-refractivity contribution is 7.92. The van der Waals surface area contributed by atoms with Crippen LogP contribution in [0.15, 0.2) is 29.2 Å². The van der Waals surface area contributed by atoms with Gasteiger partial charge in [-0.15, -0.1) is 0 Å². The fourth-order valence-corrected chi connectivity index (χ4v) is 5.93. The smallest absolute Gasteiger partial charge is 0.251 e. The van der Waals surface area contributed by atoms with Gasteiger partial charge in [0.05, 0.1) is 16.4 Å². The van der Waals surface area contributed by atoms with Crippen LogP contribution in [0.3, 0.4) is 0 Å². The second kappa shape index (κ2) is 7.43. The van der Waals surface area contributed by atoms with E-state index in [1.165, 1.54) is 25.2 Å². The minimum atomic E-state index is -3.87. The topological polar surface area (TPSA) is 101 Å². The van der Waals surface area contributed by atoms with E-state index in [9.17, 15) is 21.6 Å². The predicted octanol–water partition coefficient (Wildman–Crippen LogP) is 1.02. The van der Waals surface area contributed by atoms with E-state index in [4.69, 9.17) is 0 Å². The van der Waals surface area contributed by atoms with Crippen molar-refractivity contribution in [2.75, 3.05) is 18.6 Å². The van der Waals surface area contributed by atoms with Gasteiger partial charge < -0.3 is 5.32 Å². The van der Waals surface area contributed by atoms with Gasteiger partial charge in [-0.3, -0.25) is 4.79 Å². The molecule has 2 rings (SSSR count). The summed E-state index contributed by atoms with van der Waals surface area (Å²) in [7, 11) is -5.68. The number of hydrogen-bond acceptors (Lipinski definition) is 5. The van der Waals surface area contributed by atoms with Crippen LogP contribution in [-0.2, 0) is 19.9 Å². The lowest BCUT2D eigenvalue weighted by Crippen LogP contribution is -2.38. The van der Waals surface area contributed by atoms with Crippen molar-refractivity contribution in [2.45, 2.75) is 43.7 Å². The molecule has 1 aliphatic heterocycles. The summed E-state index contributed by atoms with van der Waals surface area (Å²) in [6.45, 7) is 3.81. The maximum Gasteiger partial charge on any atom is 0.251 e. The Morgan fingerprint density at radius 2 is 2.08 bits per heavy atom. The van der Waals surface area contributed by atoms with Gasteiger partial charge in [-0.1, -0.05) is 13.0 Å². The standard InChI is InChI=1S/C16H24N2O5S2/c1-4-12(2)17-16(19)13-6-5-7-15(10-13)25(22,23)18(3)14-8-9-24(20,21)11-14/h5-7,10,12,14H,4,8-9,11H2,1-3H3,(H,17,19). The predicted molar refractivity (Wildman–Crippen MR) is 95.7 cm³/mol. The van der Waals surface area contributed by atoms with Crippen molar-refractivity contribution in [3.63, 3.8) is 0 Å². The average Bonchev–Trinajstić information content (AvgIpc) is 2.93. The molecule has 0 radical (unpaired) electrons. The van der Waals surface area contributed by atoms with Crippen molar-refractivity contribution in [1.82, 2.24) is 9.62 Å². The van der Waals surface area contributed by atoms with E-state index >= 15 is 0 Å². The third kappa shape index (κ3) is 4.59. The van der Waals surface area contributed by atoms with Crippen LogP contribution in [0.2, 0.25) is 0 Å². The molecule has 140 valence electrons. The van der Waals surface area contributed by atoms with Gasteiger partial charge in [0, 0.05) is 24.7 Å². The van der Waals surface area contributed by atoms with Gasteiger partial charge in [0.25, 0.3) is 5.91 Å². The highest BCUT2D eigenvalue weighted by Crippen LogP contribution is 2.24. The van der Waals surface area contributed by atoms with Gasteiger partial charge in [-0.05, 0) is 38.0 Å². The van der Waals surface area contributed by atoms with Crippen LogP contribution in [0.1, 0.15) is 37.0 Å². The van der Waals surface area contributed by atoms with E-state index in [-0.39, 0.29) is 40.3 Å². The molecule has 7 nitrogen and oxygen atoms in total. The molecule has 0 aromatic heterocycles. The zero-order chi connectivity index (χ0) is 18.8. The number of hydrogen-bond donors (Lipinski definition) is 1. The molecule has 2 unspecified atom stereocenters. The van der Waals surface area contributed by atoms with Gasteiger partial charge in [0.15, 0.2) is 9.84 Å². The summed E-state index contributed by atoms with van der Waals surface area (Å²) < 4.78 is 49.9. The molecule has 1 fully saturated rings. The Balaban J connectivity index is 2.25. The number of amides is 1. The number of sulfone groups is 1. The highest BCUT2D eigenvalue weighted by atomic mass is 32.2. The normalized spacial score (nSPS) is 21.2. The van der Waals surface area contributed by atoms with Gasteiger partial charge in [-0.25, -0.2) is 16.8 Å². The van der Waals surface area contributed by atoms with E-state index in [2.05, 4.69) is 5.32 Å². The molecule has 1 amide bonds. The molecule has 0 spiro atoms. The first-order chi connectivity index (χ1) is 11.6. The fraction of sp³-hybridized carbons (Fsp3) is 0.562. The molecule has 1 N–H and O–H groups in total. The first-order valence-corrected chi connectivity index (χ1v) is 11.4. The Kier molecular flexibility index (Phi) is 5.90. The minimum absolute atomic E-state index is 0.00508. The van der Waals surface area contributed by atoms with E-state index in [0.29, 0.717) is 0 Å². The molecular formula is C16H24N2O5S2. The van der Waals surface area contributed by atoms with E-state index in [1.54, 1.807) is 6.07 Å². The van der Waals surface area contributed by atoms with Crippen LogP contribution in [0.5, 0.6) is 0 Å². The molecule has 9 heteroatoms. The zero-order valence-corrected chi connectivity index (χ0v) is 16.2. The van der Waals surface area contributed by atoms with Crippen LogP contribution in [0.25, 0.3) is 0 Å². The third-order valence-corrected chi connectivity index (χ3v) is 8.14. The lowest BCUT2D eigenvalue weighted by Gasteiger charge is -2.23. The Morgan fingerprint density at radius 1 is 1.40 bits per heavy atom. The summed E-state index contributed by atoms with van der Waals surface area (Å²) in [5.74, 6) is -0.510. The third-order valence-electron chi connectivity index (χ3n) is 4.49. The second-order valence-electron chi connectivity index (χ2n) is 6.39. The molecule has 0 saturated carbocycles. The zero-order valence-electron chi connectivity index (χ0n) is 14.6. The first-order valence-electron chi connectivity index (χ1n) is 8.16. The number of sulfonamides is 1. The quantitative estimate of drug-likeness (QED) is 0.784. The van der Waals surface area contributed by atoms with Gasteiger partial charge in [-0.2, -0.15) is 4.31 Å². The maximum absolute atomic E-state index is 12.8. The molecular weight excluding hydrogens is 364 g/mol. The summed E-state index contributed by atoms with van der Waals surface area (Å²) in [6, 6.07) is 5.21. The largest absolute Gasteiger partial charge is 0.350 e. The van der Waals surface area contributed by atoms with Crippen LogP contribution in [-0.4, -0.2) is 57.7 Å². The van der Waals surface area contributed by atoms with Gasteiger partial charge >= 0.3 is 0 Å². The van der Waals surface area contributed by atoms with E-state index in [0.717, 1.165) is 10.7 Å². The molecule has 2 atom stereocenters. The van der Waals surface area contributed by atoms with Crippen molar-refractivity contribution < 1.29 is 21.6 Å². The van der Waals surface area contributed by atoms with Crippen molar-refractivity contribution >= 4 is 25.8 Å². The molecule has 1 aromatic rings. The monoisotopic (exact) mass is 388 g/mol. The van der Waals surface area contributed by atoms with E-state index in [1.807, 2.05) is 13.8 Å². The van der Waals surface area contributed by atoms with Crippen molar-refractivity contribution in [2.24, 2.45) is 0 Å². The second-order valence-corrected chi connectivity index (χ2v) is 10.6. The highest BCUT2D eigenvalue weighted by Gasteiger charge is 2.36. The summed E-state index contributed by atoms with van der Waals surface area (Å²) in [5, 5.41) is 2.79. The fourth-order valence-electron chi connectivity index (χ4n) is 2.63. The minimum Gasteiger partial charge on any atom is -0.350 e. The van der Waals surface area contributed by atoms with Crippen LogP contribution in [0.4, 0.5) is 0 Å². The summed E-state index contributed by atoms with van der Waals surface area (Å²) in [5.41, 5.74) is 0.258. The molecule has 1 aromatic carbocycles. The average molecular weight is 389 g/mol. The number of carbonyl (C=O) groups excluding carboxylic acids is 1. The maximum atomic E-state index is 12.8. The summed E-state index contributed by atoms with van der Waals surface area (Å²) in [4.78, 5) is 12.2. The summed E-state index contributed by atoms with van der Waals surface area (Å²) in [6.07, 6.45) is 1.05. The molecule has 0 bridgehead atoms. The summed E-state index contributed by atoms with van der Waals surface area (Å²) >= 11 is 0. The number of nitrogens with zero attached hydrogens (tertiary/aromatic N) is 1. The molecule has 0 aliphatic carbocycles. The Hall–Kier alpha value is -1.45. The first kappa shape index (κ1) is 19.9. The Labute approximate surface area is 149 Å². The van der Waals surface area contributed by atoms with E-state index < -0.39 is 25.9 Å². The SMILES string of the molecule is CCC(C)NC(=O)c1cccc(S(=O)(=O)N(C)C2CCS(=O)(=O)C2)c1. The van der Waals surface area contributed by atoms with Crippen molar-refractivity contribution in [3.05, 3.63) is 29.8 Å². The Bertz CT molecular complexity index is 849. The van der Waals surface area contributed by atoms with Crippen LogP contribution < -0.4 is 5.32 Å². The number of rotatable bonds is 6. The van der Waals surface area contributed by atoms with Gasteiger partial charge in [0.2, 0.25) is 10.0 Å². The number of nitrogens with one attached hydrogen (secondary N) is 1. The Morgan fingerprint density at radius 3 is 2.64 bits per heavy atom.